The summed E-state index contributed by atoms with van der Waals surface area (Å²) in [6.45, 7) is 3.70. The molecule has 0 aliphatic carbocycles. The first-order chi connectivity index (χ1) is 8.19. The van der Waals surface area contributed by atoms with Crippen molar-refractivity contribution in [2.75, 3.05) is 26.3 Å². The number of amides is 1. The number of hydrogen-bond donors (Lipinski definition) is 4. The molecule has 2 unspecified atom stereocenters. The molecule has 0 radical (unpaired) electrons. The minimum atomic E-state index is -1.12. The molecule has 0 aliphatic rings. The van der Waals surface area contributed by atoms with Gasteiger partial charge in [0.2, 0.25) is 0 Å². The normalized spacial score (nSPS) is 15.1. The third kappa shape index (κ3) is 7.44. The predicted octanol–water partition coefficient (Wildman–Crippen LogP) is -1.07. The van der Waals surface area contributed by atoms with Crippen molar-refractivity contribution < 1.29 is 30.0 Å². The van der Waals surface area contributed by atoms with Crippen LogP contribution in [-0.4, -0.2) is 75.5 Å². The molecule has 0 saturated carbocycles. The van der Waals surface area contributed by atoms with Crippen LogP contribution in [0.2, 0.25) is 0 Å². The third-order valence-corrected chi connectivity index (χ3v) is 1.94. The summed E-state index contributed by atoms with van der Waals surface area (Å²) in [7, 11) is 0. The van der Waals surface area contributed by atoms with Gasteiger partial charge in [-0.2, -0.15) is 0 Å². The van der Waals surface area contributed by atoms with Gasteiger partial charge in [0.25, 0.3) is 0 Å². The minimum absolute atomic E-state index is 0.178. The summed E-state index contributed by atoms with van der Waals surface area (Å²) in [4.78, 5) is 12.8. The van der Waals surface area contributed by atoms with Gasteiger partial charge in [-0.05, 0) is 20.8 Å². The first kappa shape index (κ1) is 17.1. The zero-order valence-electron chi connectivity index (χ0n) is 11.0. The molecule has 7 nitrogen and oxygen atoms in total. The molecular formula is C11H23NO6. The lowest BCUT2D eigenvalue weighted by atomic mass is 10.2. The van der Waals surface area contributed by atoms with E-state index in [4.69, 9.17) is 14.9 Å². The molecule has 0 aromatic heterocycles. The quantitative estimate of drug-likeness (QED) is 0.487. The molecule has 0 fully saturated rings. The highest BCUT2D eigenvalue weighted by Crippen LogP contribution is 2.10. The Kier molecular flexibility index (Phi) is 7.15. The number of carbonyl (C=O) groups is 1. The van der Waals surface area contributed by atoms with Crippen molar-refractivity contribution in [3.63, 3.8) is 0 Å². The monoisotopic (exact) mass is 265 g/mol. The molecule has 108 valence electrons. The number of aliphatic hydroxyl groups excluding tert-OH is 4. The molecule has 0 spiro atoms. The molecular weight excluding hydrogens is 242 g/mol. The van der Waals surface area contributed by atoms with Crippen LogP contribution in [0, 0.1) is 0 Å². The zero-order valence-corrected chi connectivity index (χ0v) is 11.0. The maximum atomic E-state index is 11.8. The molecule has 0 aromatic carbocycles. The lowest BCUT2D eigenvalue weighted by Crippen LogP contribution is -2.46. The summed E-state index contributed by atoms with van der Waals surface area (Å²) in [5.74, 6) is 0. The third-order valence-electron chi connectivity index (χ3n) is 1.94. The van der Waals surface area contributed by atoms with Gasteiger partial charge in [-0.3, -0.25) is 0 Å². The van der Waals surface area contributed by atoms with E-state index in [2.05, 4.69) is 0 Å². The van der Waals surface area contributed by atoms with Gasteiger partial charge in [-0.25, -0.2) is 4.79 Å². The number of ether oxygens (including phenoxy) is 1. The molecule has 0 aliphatic heterocycles. The average Bonchev–Trinajstić information content (AvgIpc) is 2.25. The highest BCUT2D eigenvalue weighted by molar-refractivity contribution is 5.68. The van der Waals surface area contributed by atoms with Gasteiger partial charge in [-0.15, -0.1) is 0 Å². The van der Waals surface area contributed by atoms with Crippen LogP contribution in [0.15, 0.2) is 0 Å². The first-order valence-electron chi connectivity index (χ1n) is 5.75. The van der Waals surface area contributed by atoms with E-state index in [0.29, 0.717) is 0 Å². The van der Waals surface area contributed by atoms with Crippen LogP contribution in [-0.2, 0) is 4.74 Å². The fourth-order valence-corrected chi connectivity index (χ4v) is 1.17. The largest absolute Gasteiger partial charge is 0.444 e. The van der Waals surface area contributed by atoms with Crippen LogP contribution in [0.25, 0.3) is 0 Å². The van der Waals surface area contributed by atoms with Crippen molar-refractivity contribution in [1.82, 2.24) is 4.90 Å². The summed E-state index contributed by atoms with van der Waals surface area (Å²) in [5, 5.41) is 36.1. The Labute approximate surface area is 107 Å². The van der Waals surface area contributed by atoms with Gasteiger partial charge >= 0.3 is 6.09 Å². The Morgan fingerprint density at radius 1 is 1.11 bits per heavy atom. The number of aliphatic hydroxyl groups is 4. The molecule has 1 amide bonds. The second-order valence-electron chi connectivity index (χ2n) is 5.06. The maximum Gasteiger partial charge on any atom is 0.410 e. The molecule has 18 heavy (non-hydrogen) atoms. The van der Waals surface area contributed by atoms with Crippen molar-refractivity contribution in [3.8, 4) is 0 Å². The smallest absolute Gasteiger partial charge is 0.410 e. The molecule has 0 bridgehead atoms. The molecule has 0 aromatic rings. The summed E-state index contributed by atoms with van der Waals surface area (Å²) in [6, 6.07) is 0. The van der Waals surface area contributed by atoms with Crippen molar-refractivity contribution in [3.05, 3.63) is 0 Å². The zero-order chi connectivity index (χ0) is 14.3. The molecule has 0 rings (SSSR count). The first-order valence-corrected chi connectivity index (χ1v) is 5.75. The molecule has 7 heteroatoms. The fourth-order valence-electron chi connectivity index (χ4n) is 1.17. The van der Waals surface area contributed by atoms with Crippen LogP contribution < -0.4 is 0 Å². The second-order valence-corrected chi connectivity index (χ2v) is 5.06. The van der Waals surface area contributed by atoms with Gasteiger partial charge in [0.15, 0.2) is 0 Å². The minimum Gasteiger partial charge on any atom is -0.444 e. The summed E-state index contributed by atoms with van der Waals surface area (Å²) in [6.07, 6.45) is -2.96. The fraction of sp³-hybridized carbons (Fsp3) is 0.909. The van der Waals surface area contributed by atoms with E-state index in [1.54, 1.807) is 20.8 Å². The van der Waals surface area contributed by atoms with Gasteiger partial charge < -0.3 is 30.1 Å². The Bertz CT molecular complexity index is 240. The van der Waals surface area contributed by atoms with Gasteiger partial charge in [0.05, 0.1) is 38.5 Å². The van der Waals surface area contributed by atoms with Crippen molar-refractivity contribution in [2.24, 2.45) is 0 Å². The van der Waals surface area contributed by atoms with Crippen LogP contribution in [0.5, 0.6) is 0 Å². The number of nitrogens with zero attached hydrogens (tertiary/aromatic N) is 1. The standard InChI is InChI=1S/C11H23NO6/c1-11(2,3)18-10(17)12(4-8(15)6-13)5-9(16)7-14/h8-9,13-16H,4-7H2,1-3H3. The van der Waals surface area contributed by atoms with Crippen LogP contribution in [0.3, 0.4) is 0 Å². The van der Waals surface area contributed by atoms with Crippen molar-refractivity contribution >= 4 is 6.09 Å². The van der Waals surface area contributed by atoms with Crippen LogP contribution in [0.4, 0.5) is 4.79 Å². The Balaban J connectivity index is 4.58. The number of hydrogen-bond acceptors (Lipinski definition) is 6. The SMILES string of the molecule is CC(C)(C)OC(=O)N(CC(O)CO)CC(O)CO. The topological polar surface area (TPSA) is 110 Å². The van der Waals surface area contributed by atoms with E-state index in [1.807, 2.05) is 0 Å². The molecule has 0 heterocycles. The number of rotatable bonds is 6. The Morgan fingerprint density at radius 3 is 1.78 bits per heavy atom. The van der Waals surface area contributed by atoms with Crippen LogP contribution in [0.1, 0.15) is 20.8 Å². The van der Waals surface area contributed by atoms with E-state index in [9.17, 15) is 15.0 Å². The lowest BCUT2D eigenvalue weighted by Gasteiger charge is -2.29. The highest BCUT2D eigenvalue weighted by atomic mass is 16.6. The maximum absolute atomic E-state index is 11.8. The predicted molar refractivity (Wildman–Crippen MR) is 64.0 cm³/mol. The number of carbonyl (C=O) groups excluding carboxylic acids is 1. The summed E-state index contributed by atoms with van der Waals surface area (Å²) in [5.41, 5.74) is -0.705. The van der Waals surface area contributed by atoms with E-state index in [0.717, 1.165) is 4.90 Å². The summed E-state index contributed by atoms with van der Waals surface area (Å²) >= 11 is 0. The van der Waals surface area contributed by atoms with Gasteiger partial charge in [0.1, 0.15) is 5.60 Å². The van der Waals surface area contributed by atoms with E-state index in [1.165, 1.54) is 0 Å². The van der Waals surface area contributed by atoms with E-state index < -0.39 is 37.1 Å². The molecule has 4 N–H and O–H groups in total. The van der Waals surface area contributed by atoms with E-state index >= 15 is 0 Å². The summed E-state index contributed by atoms with van der Waals surface area (Å²) < 4.78 is 5.09. The Hall–Kier alpha value is -0.890. The van der Waals surface area contributed by atoms with Crippen molar-refractivity contribution in [2.45, 2.75) is 38.6 Å². The average molecular weight is 265 g/mol. The van der Waals surface area contributed by atoms with Gasteiger partial charge in [0, 0.05) is 0 Å². The molecule has 0 saturated heterocycles. The van der Waals surface area contributed by atoms with Crippen molar-refractivity contribution in [1.29, 1.82) is 0 Å². The Morgan fingerprint density at radius 2 is 1.50 bits per heavy atom. The second kappa shape index (κ2) is 7.52. The molecule has 2 atom stereocenters. The lowest BCUT2D eigenvalue weighted by molar-refractivity contribution is -0.0100. The highest BCUT2D eigenvalue weighted by Gasteiger charge is 2.25. The van der Waals surface area contributed by atoms with Crippen LogP contribution >= 0.6 is 0 Å². The van der Waals surface area contributed by atoms with E-state index in [-0.39, 0.29) is 13.1 Å². The van der Waals surface area contributed by atoms with Gasteiger partial charge in [-0.1, -0.05) is 0 Å².